The number of nitrogens with zero attached hydrogens (tertiary/aromatic N) is 2. The van der Waals surface area contributed by atoms with Gasteiger partial charge in [-0.3, -0.25) is 9.59 Å². The van der Waals surface area contributed by atoms with Crippen LogP contribution in [0, 0.1) is 5.92 Å². The fraction of sp³-hybridized carbons (Fsp3) is 0.435. The van der Waals surface area contributed by atoms with E-state index in [1.165, 1.54) is 6.92 Å². The molecule has 1 aromatic carbocycles. The number of fused-ring (bicyclic) bond motifs is 4. The van der Waals surface area contributed by atoms with Crippen LogP contribution in [0.3, 0.4) is 0 Å². The van der Waals surface area contributed by atoms with Crippen molar-refractivity contribution >= 4 is 17.6 Å². The maximum Gasteiger partial charge on any atom is 0.317 e. The molecular formula is C23H28N4O3. The van der Waals surface area contributed by atoms with Crippen molar-refractivity contribution in [3.63, 3.8) is 0 Å². The molecule has 2 aliphatic heterocycles. The van der Waals surface area contributed by atoms with Crippen LogP contribution in [-0.4, -0.2) is 40.5 Å². The molecule has 1 fully saturated rings. The van der Waals surface area contributed by atoms with Crippen molar-refractivity contribution in [3.05, 3.63) is 52.4 Å². The SMILES string of the molecule is CC(=O)Nc1ccc(-c2ccc(=O)n3c2[C@@H]2C[C@@H](CN(C(=O)NC(C)C)C2)C3)cc1. The Morgan fingerprint density at radius 3 is 2.43 bits per heavy atom. The summed E-state index contributed by atoms with van der Waals surface area (Å²) in [6.45, 7) is 7.31. The highest BCUT2D eigenvalue weighted by Gasteiger charge is 2.37. The van der Waals surface area contributed by atoms with Crippen LogP contribution in [0.4, 0.5) is 10.5 Å². The van der Waals surface area contributed by atoms with Crippen LogP contribution < -0.4 is 16.2 Å². The van der Waals surface area contributed by atoms with E-state index in [0.29, 0.717) is 19.6 Å². The topological polar surface area (TPSA) is 83.4 Å². The zero-order valence-electron chi connectivity index (χ0n) is 17.6. The fourth-order valence-corrected chi connectivity index (χ4v) is 4.70. The van der Waals surface area contributed by atoms with Gasteiger partial charge in [-0.15, -0.1) is 0 Å². The van der Waals surface area contributed by atoms with Gasteiger partial charge < -0.3 is 20.1 Å². The number of pyridine rings is 1. The van der Waals surface area contributed by atoms with Gasteiger partial charge in [0.25, 0.3) is 5.56 Å². The number of carbonyl (C=O) groups excluding carboxylic acids is 2. The molecule has 2 N–H and O–H groups in total. The summed E-state index contributed by atoms with van der Waals surface area (Å²) in [5.41, 5.74) is 3.77. The summed E-state index contributed by atoms with van der Waals surface area (Å²) in [5.74, 6) is 0.290. The molecule has 4 rings (SSSR count). The van der Waals surface area contributed by atoms with Crippen molar-refractivity contribution in [2.75, 3.05) is 18.4 Å². The van der Waals surface area contributed by atoms with Crippen LogP contribution in [0.5, 0.6) is 0 Å². The molecule has 158 valence electrons. The Bertz CT molecular complexity index is 1030. The monoisotopic (exact) mass is 408 g/mol. The predicted octanol–water partition coefficient (Wildman–Crippen LogP) is 3.01. The maximum atomic E-state index is 12.6. The highest BCUT2D eigenvalue weighted by Crippen LogP contribution is 2.40. The Balaban J connectivity index is 1.69. The highest BCUT2D eigenvalue weighted by atomic mass is 16.2. The van der Waals surface area contributed by atoms with Crippen molar-refractivity contribution in [2.24, 2.45) is 5.92 Å². The third-order valence-corrected chi connectivity index (χ3v) is 5.81. The molecule has 2 aromatic rings. The van der Waals surface area contributed by atoms with Crippen LogP contribution in [0.1, 0.15) is 38.8 Å². The number of carbonyl (C=O) groups is 2. The Kier molecular flexibility index (Phi) is 5.37. The van der Waals surface area contributed by atoms with Gasteiger partial charge in [-0.05, 0) is 49.9 Å². The lowest BCUT2D eigenvalue weighted by molar-refractivity contribution is -0.114. The molecule has 2 atom stereocenters. The molecule has 7 nitrogen and oxygen atoms in total. The molecule has 30 heavy (non-hydrogen) atoms. The van der Waals surface area contributed by atoms with Crippen molar-refractivity contribution in [1.29, 1.82) is 0 Å². The summed E-state index contributed by atoms with van der Waals surface area (Å²) in [6, 6.07) is 11.2. The second-order valence-electron chi connectivity index (χ2n) is 8.65. The molecule has 0 saturated carbocycles. The van der Waals surface area contributed by atoms with Gasteiger partial charge in [0, 0.05) is 61.5 Å². The molecule has 1 aromatic heterocycles. The predicted molar refractivity (Wildman–Crippen MR) is 117 cm³/mol. The van der Waals surface area contributed by atoms with E-state index in [4.69, 9.17) is 0 Å². The molecular weight excluding hydrogens is 380 g/mol. The zero-order chi connectivity index (χ0) is 21.4. The van der Waals surface area contributed by atoms with Crippen molar-refractivity contribution in [1.82, 2.24) is 14.8 Å². The minimum Gasteiger partial charge on any atom is -0.336 e. The van der Waals surface area contributed by atoms with Crippen LogP contribution in [0.25, 0.3) is 11.1 Å². The third kappa shape index (κ3) is 3.97. The first-order valence-corrected chi connectivity index (χ1v) is 10.5. The number of hydrogen-bond donors (Lipinski definition) is 2. The van der Waals surface area contributed by atoms with Gasteiger partial charge in [-0.1, -0.05) is 12.1 Å². The molecule has 2 aliphatic rings. The number of urea groups is 1. The number of nitrogens with one attached hydrogen (secondary N) is 2. The Labute approximate surface area is 176 Å². The van der Waals surface area contributed by atoms with Crippen LogP contribution in [0.15, 0.2) is 41.2 Å². The molecule has 1 saturated heterocycles. The zero-order valence-corrected chi connectivity index (χ0v) is 17.6. The minimum atomic E-state index is -0.112. The van der Waals surface area contributed by atoms with Crippen molar-refractivity contribution in [2.45, 2.75) is 45.7 Å². The minimum absolute atomic E-state index is 0.0124. The fourth-order valence-electron chi connectivity index (χ4n) is 4.70. The number of anilines is 1. The molecule has 0 spiro atoms. The molecule has 7 heteroatoms. The van der Waals surface area contributed by atoms with Crippen molar-refractivity contribution < 1.29 is 9.59 Å². The first kappa shape index (κ1) is 20.2. The summed E-state index contributed by atoms with van der Waals surface area (Å²) in [7, 11) is 0. The molecule has 3 heterocycles. The number of aromatic nitrogens is 1. The number of piperidine rings is 1. The Hall–Kier alpha value is -3.09. The smallest absolute Gasteiger partial charge is 0.317 e. The van der Waals surface area contributed by atoms with Crippen LogP contribution in [-0.2, 0) is 11.3 Å². The van der Waals surface area contributed by atoms with E-state index < -0.39 is 0 Å². The summed E-state index contributed by atoms with van der Waals surface area (Å²) in [6.07, 6.45) is 0.978. The lowest BCUT2D eigenvalue weighted by atomic mass is 9.80. The molecule has 2 bridgehead atoms. The number of rotatable bonds is 3. The number of benzene rings is 1. The van der Waals surface area contributed by atoms with Gasteiger partial charge in [0.1, 0.15) is 0 Å². The standard InChI is InChI=1S/C23H28N4O3/c1-14(2)24-23(30)26-11-16-10-18(13-26)22-20(8-9-21(29)27(22)12-16)17-4-6-19(7-5-17)25-15(3)28/h4-9,14,16,18H,10-13H2,1-3H3,(H,24,30)(H,25,28)/t16-,18+/m0/s1. The van der Waals surface area contributed by atoms with E-state index in [-0.39, 0.29) is 35.4 Å². The van der Waals surface area contributed by atoms with E-state index in [1.807, 2.05) is 53.6 Å². The Morgan fingerprint density at radius 1 is 1.03 bits per heavy atom. The molecule has 0 radical (unpaired) electrons. The largest absolute Gasteiger partial charge is 0.336 e. The van der Waals surface area contributed by atoms with Gasteiger partial charge in [0.15, 0.2) is 0 Å². The average Bonchev–Trinajstić information content (AvgIpc) is 2.68. The van der Waals surface area contributed by atoms with E-state index in [0.717, 1.165) is 28.9 Å². The summed E-state index contributed by atoms with van der Waals surface area (Å²) in [5, 5.41) is 5.77. The highest BCUT2D eigenvalue weighted by molar-refractivity contribution is 5.89. The lowest BCUT2D eigenvalue weighted by Gasteiger charge is -2.43. The third-order valence-electron chi connectivity index (χ3n) is 5.81. The van der Waals surface area contributed by atoms with Gasteiger partial charge in [0.05, 0.1) is 0 Å². The van der Waals surface area contributed by atoms with Crippen LogP contribution >= 0.6 is 0 Å². The average molecular weight is 409 g/mol. The molecule has 3 amide bonds. The maximum absolute atomic E-state index is 12.6. The quantitative estimate of drug-likeness (QED) is 0.819. The number of hydrogen-bond acceptors (Lipinski definition) is 3. The summed E-state index contributed by atoms with van der Waals surface area (Å²) < 4.78 is 1.90. The van der Waals surface area contributed by atoms with Crippen molar-refractivity contribution in [3.8, 4) is 11.1 Å². The second kappa shape index (κ2) is 7.97. The molecule has 0 aliphatic carbocycles. The van der Waals surface area contributed by atoms with E-state index in [1.54, 1.807) is 6.07 Å². The van der Waals surface area contributed by atoms with Gasteiger partial charge in [-0.25, -0.2) is 4.79 Å². The first-order chi connectivity index (χ1) is 14.3. The van der Waals surface area contributed by atoms with E-state index >= 15 is 0 Å². The normalized spacial score (nSPS) is 19.9. The molecule has 0 unspecified atom stereocenters. The summed E-state index contributed by atoms with van der Waals surface area (Å²) in [4.78, 5) is 38.4. The van der Waals surface area contributed by atoms with E-state index in [9.17, 15) is 14.4 Å². The first-order valence-electron chi connectivity index (χ1n) is 10.5. The van der Waals surface area contributed by atoms with Crippen LogP contribution in [0.2, 0.25) is 0 Å². The lowest BCUT2D eigenvalue weighted by Crippen LogP contribution is -2.53. The number of amides is 3. The second-order valence-corrected chi connectivity index (χ2v) is 8.65. The Morgan fingerprint density at radius 2 is 1.77 bits per heavy atom. The van der Waals surface area contributed by atoms with Gasteiger partial charge >= 0.3 is 6.03 Å². The number of likely N-dealkylation sites (tertiary alicyclic amines) is 1. The van der Waals surface area contributed by atoms with E-state index in [2.05, 4.69) is 10.6 Å². The summed E-state index contributed by atoms with van der Waals surface area (Å²) >= 11 is 0. The van der Waals surface area contributed by atoms with Gasteiger partial charge in [0.2, 0.25) is 5.91 Å². The van der Waals surface area contributed by atoms with Gasteiger partial charge in [-0.2, -0.15) is 0 Å².